The zero-order chi connectivity index (χ0) is 23.9. The van der Waals surface area contributed by atoms with E-state index in [1.54, 1.807) is 7.11 Å². The number of carbonyl (C=O) groups excluding carboxylic acids is 1. The highest BCUT2D eigenvalue weighted by Gasteiger charge is 2.32. The molecule has 2 aromatic heterocycles. The maximum atomic E-state index is 13.3. The molecule has 2 unspecified atom stereocenters. The van der Waals surface area contributed by atoms with Gasteiger partial charge in [0.1, 0.15) is 17.1 Å². The van der Waals surface area contributed by atoms with Gasteiger partial charge in [-0.2, -0.15) is 0 Å². The lowest BCUT2D eigenvalue weighted by molar-refractivity contribution is 0.0855. The van der Waals surface area contributed by atoms with Crippen LogP contribution in [0.1, 0.15) is 41.6 Å². The van der Waals surface area contributed by atoms with Crippen molar-refractivity contribution in [1.82, 2.24) is 19.9 Å². The Morgan fingerprint density at radius 1 is 1.26 bits per heavy atom. The van der Waals surface area contributed by atoms with Crippen molar-refractivity contribution in [1.29, 1.82) is 0 Å². The largest absolute Gasteiger partial charge is 0.497 e. The molecular formula is C24H28N4O5S. The second-order valence-electron chi connectivity index (χ2n) is 8.89. The van der Waals surface area contributed by atoms with Crippen LogP contribution in [0.2, 0.25) is 0 Å². The number of aryl methyl sites for hydroxylation is 1. The molecule has 2 atom stereocenters. The predicted octanol–water partition coefficient (Wildman–Crippen LogP) is 2.68. The number of hydrogen-bond donors (Lipinski definition) is 1. The third-order valence-electron chi connectivity index (χ3n) is 6.52. The topological polar surface area (TPSA) is 112 Å². The molecule has 0 aliphatic carbocycles. The van der Waals surface area contributed by atoms with Gasteiger partial charge >= 0.3 is 0 Å². The summed E-state index contributed by atoms with van der Waals surface area (Å²) in [6.45, 7) is 2.96. The number of amides is 1. The van der Waals surface area contributed by atoms with Crippen LogP contribution in [0.4, 0.5) is 0 Å². The summed E-state index contributed by atoms with van der Waals surface area (Å²) in [4.78, 5) is 22.6. The van der Waals surface area contributed by atoms with Gasteiger partial charge in [-0.15, -0.1) is 0 Å². The number of aromatic nitrogens is 3. The van der Waals surface area contributed by atoms with E-state index in [1.807, 2.05) is 41.8 Å². The third kappa shape index (κ3) is 4.39. The number of imidazole rings is 1. The van der Waals surface area contributed by atoms with Gasteiger partial charge in [0.2, 0.25) is 0 Å². The molecule has 2 aliphatic rings. The summed E-state index contributed by atoms with van der Waals surface area (Å²) in [7, 11) is -1.50. The van der Waals surface area contributed by atoms with Crippen molar-refractivity contribution >= 4 is 26.8 Å². The van der Waals surface area contributed by atoms with Crippen LogP contribution in [0.15, 0.2) is 30.3 Å². The van der Waals surface area contributed by atoms with Crippen LogP contribution < -0.4 is 10.1 Å². The van der Waals surface area contributed by atoms with E-state index >= 15 is 0 Å². The lowest BCUT2D eigenvalue weighted by Gasteiger charge is -2.15. The number of pyridine rings is 1. The summed E-state index contributed by atoms with van der Waals surface area (Å²) in [6, 6.07) is 9.12. The highest BCUT2D eigenvalue weighted by atomic mass is 32.2. The first kappa shape index (κ1) is 22.8. The van der Waals surface area contributed by atoms with E-state index in [-0.39, 0.29) is 35.3 Å². The summed E-state index contributed by atoms with van der Waals surface area (Å²) in [6.07, 6.45) is 2.43. The van der Waals surface area contributed by atoms with Gasteiger partial charge in [0.25, 0.3) is 5.91 Å². The average Bonchev–Trinajstić information content (AvgIpc) is 3.55. The molecule has 2 saturated heterocycles. The Kier molecular flexibility index (Phi) is 6.03. The molecule has 0 bridgehead atoms. The van der Waals surface area contributed by atoms with Crippen LogP contribution in [-0.2, 0) is 14.6 Å². The standard InChI is InChI=1S/C24H28N4O5S/c1-15-26-22-21(28(15)17-8-10-34(30,31)14-17)12-20(16-5-3-6-18(11-16)32-2)27-23(22)24(29)25-13-19-7-4-9-33-19/h3,5-6,11-12,17,19H,4,7-10,13-14H2,1-2H3,(H,25,29). The van der Waals surface area contributed by atoms with E-state index in [1.165, 1.54) is 0 Å². The number of ether oxygens (including phenoxy) is 2. The van der Waals surface area contributed by atoms with E-state index in [4.69, 9.17) is 14.5 Å². The van der Waals surface area contributed by atoms with Crippen LogP contribution in [0.25, 0.3) is 22.3 Å². The summed E-state index contributed by atoms with van der Waals surface area (Å²) >= 11 is 0. The maximum Gasteiger partial charge on any atom is 0.272 e. The molecule has 0 radical (unpaired) electrons. The molecule has 180 valence electrons. The van der Waals surface area contributed by atoms with Crippen molar-refractivity contribution in [2.75, 3.05) is 31.8 Å². The number of fused-ring (bicyclic) bond motifs is 1. The predicted molar refractivity (Wildman–Crippen MR) is 128 cm³/mol. The Bertz CT molecular complexity index is 1340. The van der Waals surface area contributed by atoms with E-state index in [0.717, 1.165) is 18.4 Å². The fourth-order valence-corrected chi connectivity index (χ4v) is 6.53. The molecule has 4 heterocycles. The second kappa shape index (κ2) is 8.99. The van der Waals surface area contributed by atoms with Gasteiger partial charge in [-0.25, -0.2) is 18.4 Å². The lowest BCUT2D eigenvalue weighted by Crippen LogP contribution is -2.32. The van der Waals surface area contributed by atoms with Crippen molar-refractivity contribution in [3.63, 3.8) is 0 Å². The summed E-state index contributed by atoms with van der Waals surface area (Å²) in [5, 5.41) is 2.95. The number of nitrogens with one attached hydrogen (secondary N) is 1. The minimum absolute atomic E-state index is 0.00370. The van der Waals surface area contributed by atoms with Crippen LogP contribution in [-0.4, -0.2) is 66.7 Å². The highest BCUT2D eigenvalue weighted by molar-refractivity contribution is 7.91. The van der Waals surface area contributed by atoms with Crippen molar-refractivity contribution in [3.8, 4) is 17.0 Å². The van der Waals surface area contributed by atoms with Crippen LogP contribution in [0, 0.1) is 6.92 Å². The zero-order valence-corrected chi connectivity index (χ0v) is 20.1. The molecule has 1 aromatic carbocycles. The SMILES string of the molecule is COc1cccc(-c2cc3c(nc(C)n3C3CCS(=O)(=O)C3)c(C(=O)NCC3CCCO3)n2)c1. The van der Waals surface area contributed by atoms with Crippen molar-refractivity contribution in [3.05, 3.63) is 41.9 Å². The minimum atomic E-state index is -3.10. The smallest absolute Gasteiger partial charge is 0.272 e. The highest BCUT2D eigenvalue weighted by Crippen LogP contribution is 2.33. The second-order valence-corrected chi connectivity index (χ2v) is 11.1. The maximum absolute atomic E-state index is 13.3. The molecule has 9 nitrogen and oxygen atoms in total. The third-order valence-corrected chi connectivity index (χ3v) is 8.27. The molecule has 0 saturated carbocycles. The molecule has 3 aromatic rings. The van der Waals surface area contributed by atoms with Crippen LogP contribution >= 0.6 is 0 Å². The summed E-state index contributed by atoms with van der Waals surface area (Å²) in [5.41, 5.74) is 2.78. The molecule has 34 heavy (non-hydrogen) atoms. The molecule has 5 rings (SSSR count). The first-order valence-electron chi connectivity index (χ1n) is 11.5. The van der Waals surface area contributed by atoms with Gasteiger partial charge in [-0.1, -0.05) is 12.1 Å². The summed E-state index contributed by atoms with van der Waals surface area (Å²) in [5.74, 6) is 1.23. The van der Waals surface area contributed by atoms with Gasteiger partial charge in [-0.05, 0) is 44.4 Å². The van der Waals surface area contributed by atoms with Crippen LogP contribution in [0.3, 0.4) is 0 Å². The van der Waals surface area contributed by atoms with Gasteiger partial charge in [-0.3, -0.25) is 4.79 Å². The van der Waals surface area contributed by atoms with Gasteiger partial charge in [0, 0.05) is 18.7 Å². The fraction of sp³-hybridized carbons (Fsp3) is 0.458. The molecular weight excluding hydrogens is 456 g/mol. The average molecular weight is 485 g/mol. The molecule has 1 amide bonds. The Labute approximate surface area is 198 Å². The number of nitrogens with zero attached hydrogens (tertiary/aromatic N) is 3. The fourth-order valence-electron chi connectivity index (χ4n) is 4.83. The summed E-state index contributed by atoms with van der Waals surface area (Å²) < 4.78 is 37.3. The number of sulfone groups is 1. The van der Waals surface area contributed by atoms with Gasteiger partial charge in [0.15, 0.2) is 15.5 Å². The van der Waals surface area contributed by atoms with Gasteiger partial charge < -0.3 is 19.4 Å². The molecule has 2 fully saturated rings. The van der Waals surface area contributed by atoms with E-state index in [0.29, 0.717) is 47.9 Å². The first-order chi connectivity index (χ1) is 16.3. The lowest BCUT2D eigenvalue weighted by atomic mass is 10.1. The first-order valence-corrected chi connectivity index (χ1v) is 13.3. The Hall–Kier alpha value is -2.98. The molecule has 1 N–H and O–H groups in total. The number of carbonyl (C=O) groups is 1. The Balaban J connectivity index is 1.61. The van der Waals surface area contributed by atoms with Crippen molar-refractivity contribution in [2.24, 2.45) is 0 Å². The zero-order valence-electron chi connectivity index (χ0n) is 19.3. The van der Waals surface area contributed by atoms with Crippen molar-refractivity contribution in [2.45, 2.75) is 38.3 Å². The number of benzene rings is 1. The number of rotatable bonds is 6. The normalized spacial score (nSPS) is 21.7. The van der Waals surface area contributed by atoms with Crippen molar-refractivity contribution < 1.29 is 22.7 Å². The number of methoxy groups -OCH3 is 1. The monoisotopic (exact) mass is 484 g/mol. The van der Waals surface area contributed by atoms with Gasteiger partial charge in [0.05, 0.1) is 42.0 Å². The molecule has 10 heteroatoms. The number of hydrogen-bond acceptors (Lipinski definition) is 7. The van der Waals surface area contributed by atoms with E-state index < -0.39 is 9.84 Å². The van der Waals surface area contributed by atoms with Crippen LogP contribution in [0.5, 0.6) is 5.75 Å². The molecule has 2 aliphatic heterocycles. The quantitative estimate of drug-likeness (QED) is 0.572. The Morgan fingerprint density at radius 3 is 2.82 bits per heavy atom. The van der Waals surface area contributed by atoms with E-state index in [2.05, 4.69) is 10.3 Å². The molecule has 0 spiro atoms. The minimum Gasteiger partial charge on any atom is -0.497 e. The Morgan fingerprint density at radius 2 is 2.12 bits per heavy atom. The van der Waals surface area contributed by atoms with E-state index in [9.17, 15) is 13.2 Å².